The largest absolute Gasteiger partial charge is 0.486 e. The molecule has 2 amide bonds. The molecule has 4 unspecified atom stereocenters. The number of ether oxygens (including phenoxy) is 2. The van der Waals surface area contributed by atoms with E-state index in [0.717, 1.165) is 4.90 Å². The number of aliphatic carboxylic acids is 1. The van der Waals surface area contributed by atoms with E-state index in [2.05, 4.69) is 5.32 Å². The predicted molar refractivity (Wildman–Crippen MR) is 135 cm³/mol. The van der Waals surface area contributed by atoms with E-state index in [-0.39, 0.29) is 11.5 Å². The number of rotatable bonds is 5. The van der Waals surface area contributed by atoms with Crippen molar-refractivity contribution in [2.75, 3.05) is 18.1 Å². The zero-order chi connectivity index (χ0) is 26.6. The van der Waals surface area contributed by atoms with Gasteiger partial charge in [0.2, 0.25) is 11.8 Å². The number of hydrogen-bond donors (Lipinski definition) is 2. The number of nitrogens with zero attached hydrogens (tertiary/aromatic N) is 1. The molecular formula is C29H24N2O7. The molecule has 0 radical (unpaired) electrons. The SMILES string of the molecule is CC(=O)c1ccc(N2C(=O)C3C(c4ccc5c(c4)OCCO5)NC(C(=O)O)(c4ccccc4)C3C2=O)cc1. The third-order valence-corrected chi connectivity index (χ3v) is 7.58. The molecule has 192 valence electrons. The Kier molecular flexibility index (Phi) is 5.53. The summed E-state index contributed by atoms with van der Waals surface area (Å²) in [4.78, 5) is 53.8. The summed E-state index contributed by atoms with van der Waals surface area (Å²) in [5.41, 5.74) is -0.151. The molecule has 6 rings (SSSR count). The van der Waals surface area contributed by atoms with Crippen molar-refractivity contribution in [2.45, 2.75) is 18.5 Å². The average Bonchev–Trinajstić information content (AvgIpc) is 3.43. The zero-order valence-corrected chi connectivity index (χ0v) is 20.4. The van der Waals surface area contributed by atoms with Gasteiger partial charge >= 0.3 is 5.97 Å². The summed E-state index contributed by atoms with van der Waals surface area (Å²) in [6.45, 7) is 2.21. The average molecular weight is 513 g/mol. The number of Topliss-reactive ketones (excluding diaryl/α,β-unsaturated/α-hetero) is 1. The van der Waals surface area contributed by atoms with Crippen LogP contribution in [0.2, 0.25) is 0 Å². The maximum absolute atomic E-state index is 14.0. The molecule has 3 aromatic carbocycles. The second kappa shape index (κ2) is 8.81. The number of hydrogen-bond acceptors (Lipinski definition) is 7. The van der Waals surface area contributed by atoms with Gasteiger partial charge in [0.25, 0.3) is 0 Å². The molecular weight excluding hydrogens is 488 g/mol. The van der Waals surface area contributed by atoms with E-state index in [9.17, 15) is 24.3 Å². The summed E-state index contributed by atoms with van der Waals surface area (Å²) in [7, 11) is 0. The third kappa shape index (κ3) is 3.42. The monoisotopic (exact) mass is 512 g/mol. The van der Waals surface area contributed by atoms with Crippen molar-refractivity contribution in [3.8, 4) is 11.5 Å². The zero-order valence-electron chi connectivity index (χ0n) is 20.4. The van der Waals surface area contributed by atoms with E-state index >= 15 is 0 Å². The molecule has 3 aliphatic rings. The van der Waals surface area contributed by atoms with Gasteiger partial charge < -0.3 is 14.6 Å². The number of ketones is 1. The van der Waals surface area contributed by atoms with Crippen LogP contribution in [0, 0.1) is 11.8 Å². The number of fused-ring (bicyclic) bond motifs is 2. The quantitative estimate of drug-likeness (QED) is 0.395. The van der Waals surface area contributed by atoms with Gasteiger partial charge in [-0.3, -0.25) is 19.7 Å². The lowest BCUT2D eigenvalue weighted by Crippen LogP contribution is -2.53. The lowest BCUT2D eigenvalue weighted by Gasteiger charge is -2.31. The first kappa shape index (κ1) is 23.9. The van der Waals surface area contributed by atoms with Gasteiger partial charge in [0, 0.05) is 11.6 Å². The minimum Gasteiger partial charge on any atom is -0.486 e. The molecule has 3 aromatic rings. The van der Waals surface area contributed by atoms with Gasteiger partial charge in [-0.15, -0.1) is 0 Å². The first-order valence-electron chi connectivity index (χ1n) is 12.3. The number of carboxylic acid groups (broad SMARTS) is 1. The van der Waals surface area contributed by atoms with Crippen molar-refractivity contribution in [1.82, 2.24) is 5.32 Å². The molecule has 2 saturated heterocycles. The fourth-order valence-corrected chi connectivity index (χ4v) is 5.83. The number of imide groups is 1. The second-order valence-corrected chi connectivity index (χ2v) is 9.62. The molecule has 0 aromatic heterocycles. The van der Waals surface area contributed by atoms with Crippen LogP contribution in [-0.4, -0.2) is 41.9 Å². The lowest BCUT2D eigenvalue weighted by molar-refractivity contribution is -0.149. The van der Waals surface area contributed by atoms with Gasteiger partial charge in [-0.2, -0.15) is 0 Å². The normalized spacial score (nSPS) is 25.8. The van der Waals surface area contributed by atoms with Gasteiger partial charge in [0.15, 0.2) is 22.8 Å². The van der Waals surface area contributed by atoms with Crippen molar-refractivity contribution in [1.29, 1.82) is 0 Å². The Morgan fingerprint density at radius 2 is 1.61 bits per heavy atom. The fourth-order valence-electron chi connectivity index (χ4n) is 5.83. The number of carboxylic acids is 1. The van der Waals surface area contributed by atoms with Crippen LogP contribution in [0.1, 0.15) is 34.5 Å². The highest BCUT2D eigenvalue weighted by molar-refractivity contribution is 6.24. The lowest BCUT2D eigenvalue weighted by atomic mass is 9.75. The van der Waals surface area contributed by atoms with Gasteiger partial charge in [-0.05, 0) is 54.4 Å². The number of anilines is 1. The van der Waals surface area contributed by atoms with Crippen LogP contribution >= 0.6 is 0 Å². The first-order valence-corrected chi connectivity index (χ1v) is 12.3. The maximum Gasteiger partial charge on any atom is 0.329 e. The summed E-state index contributed by atoms with van der Waals surface area (Å²) in [6, 6.07) is 19.0. The Morgan fingerprint density at radius 1 is 0.921 bits per heavy atom. The fraction of sp³-hybridized carbons (Fsp3) is 0.241. The Morgan fingerprint density at radius 3 is 2.26 bits per heavy atom. The van der Waals surface area contributed by atoms with Crippen molar-refractivity contribution in [2.24, 2.45) is 11.8 Å². The number of carbonyl (C=O) groups excluding carboxylic acids is 3. The molecule has 2 fully saturated rings. The Balaban J connectivity index is 1.50. The van der Waals surface area contributed by atoms with E-state index in [0.29, 0.717) is 41.4 Å². The first-order chi connectivity index (χ1) is 18.3. The summed E-state index contributed by atoms with van der Waals surface area (Å²) in [6.07, 6.45) is 0. The van der Waals surface area contributed by atoms with Crippen LogP contribution in [0.15, 0.2) is 72.8 Å². The highest BCUT2D eigenvalue weighted by atomic mass is 16.6. The van der Waals surface area contributed by atoms with Gasteiger partial charge in [0.1, 0.15) is 13.2 Å². The molecule has 0 spiro atoms. The van der Waals surface area contributed by atoms with E-state index in [1.165, 1.54) is 19.1 Å². The van der Waals surface area contributed by atoms with Crippen LogP contribution in [0.3, 0.4) is 0 Å². The van der Waals surface area contributed by atoms with Crippen molar-refractivity contribution in [3.63, 3.8) is 0 Å². The van der Waals surface area contributed by atoms with E-state index in [1.807, 2.05) is 0 Å². The number of amides is 2. The molecule has 0 aliphatic carbocycles. The molecule has 0 saturated carbocycles. The maximum atomic E-state index is 14.0. The standard InChI is InChI=1S/C29H24N2O7/c1-16(32)17-7-10-20(11-8-17)31-26(33)23-24(27(31)34)29(28(35)36,19-5-3-2-4-6-19)30-25(23)18-9-12-21-22(15-18)38-14-13-37-21/h2-12,15,23-25,30H,13-14H2,1H3,(H,35,36). The van der Waals surface area contributed by atoms with Crippen LogP contribution in [0.25, 0.3) is 0 Å². The van der Waals surface area contributed by atoms with Gasteiger partial charge in [-0.25, -0.2) is 9.69 Å². The summed E-state index contributed by atoms with van der Waals surface area (Å²) >= 11 is 0. The second-order valence-electron chi connectivity index (χ2n) is 9.62. The molecule has 3 aliphatic heterocycles. The van der Waals surface area contributed by atoms with Gasteiger partial charge in [0.05, 0.1) is 17.5 Å². The van der Waals surface area contributed by atoms with E-state index < -0.39 is 41.2 Å². The molecule has 9 nitrogen and oxygen atoms in total. The summed E-state index contributed by atoms with van der Waals surface area (Å²) < 4.78 is 11.4. The Hall–Kier alpha value is -4.50. The highest BCUT2D eigenvalue weighted by Gasteiger charge is 2.69. The van der Waals surface area contributed by atoms with Gasteiger partial charge in [-0.1, -0.05) is 36.4 Å². The summed E-state index contributed by atoms with van der Waals surface area (Å²) in [5.74, 6) is -3.71. The minimum absolute atomic E-state index is 0.149. The van der Waals surface area contributed by atoms with Crippen molar-refractivity contribution in [3.05, 3.63) is 89.5 Å². The summed E-state index contributed by atoms with van der Waals surface area (Å²) in [5, 5.41) is 13.8. The van der Waals surface area contributed by atoms with Crippen LogP contribution in [0.5, 0.6) is 11.5 Å². The smallest absolute Gasteiger partial charge is 0.329 e. The minimum atomic E-state index is -1.86. The topological polar surface area (TPSA) is 122 Å². The number of carbonyl (C=O) groups is 4. The van der Waals surface area contributed by atoms with E-state index in [4.69, 9.17) is 9.47 Å². The molecule has 9 heteroatoms. The highest BCUT2D eigenvalue weighted by Crippen LogP contribution is 2.54. The Bertz CT molecular complexity index is 1470. The molecule has 2 N–H and O–H groups in total. The molecule has 3 heterocycles. The predicted octanol–water partition coefficient (Wildman–Crippen LogP) is 3.09. The van der Waals surface area contributed by atoms with E-state index in [1.54, 1.807) is 60.7 Å². The van der Waals surface area contributed by atoms with Crippen molar-refractivity contribution < 1.29 is 33.8 Å². The van der Waals surface area contributed by atoms with Crippen molar-refractivity contribution >= 4 is 29.3 Å². The molecule has 4 atom stereocenters. The number of nitrogens with one attached hydrogen (secondary N) is 1. The van der Waals surface area contributed by atoms with Crippen LogP contribution < -0.4 is 19.7 Å². The number of benzene rings is 3. The van der Waals surface area contributed by atoms with Crippen LogP contribution in [0.4, 0.5) is 5.69 Å². The Labute approximate surface area is 218 Å². The molecule has 0 bridgehead atoms. The molecule has 38 heavy (non-hydrogen) atoms. The van der Waals surface area contributed by atoms with Crippen LogP contribution in [-0.2, 0) is 19.9 Å². The third-order valence-electron chi connectivity index (χ3n) is 7.58.